The number of allylic oxidation sites excluding steroid dienone is 1. The molecule has 0 aliphatic carbocycles. The predicted octanol–water partition coefficient (Wildman–Crippen LogP) is 2.84. The molecule has 0 aromatic heterocycles. The molecule has 0 N–H and O–H groups in total. The van der Waals surface area contributed by atoms with E-state index in [4.69, 9.17) is 9.47 Å². The molecule has 4 heteroatoms. The van der Waals surface area contributed by atoms with E-state index >= 15 is 0 Å². The Labute approximate surface area is 103 Å². The number of hydrogen-bond acceptors (Lipinski definition) is 3. The van der Waals surface area contributed by atoms with Crippen LogP contribution in [0.4, 0.5) is 0 Å². The van der Waals surface area contributed by atoms with Crippen molar-refractivity contribution in [2.24, 2.45) is 0 Å². The summed E-state index contributed by atoms with van der Waals surface area (Å²) in [5.74, 6) is 0.585. The molecule has 0 radical (unpaired) electrons. The lowest BCUT2D eigenvalue weighted by Gasteiger charge is -2.08. The highest BCUT2D eigenvalue weighted by atomic mass is 79.9. The minimum atomic E-state index is -0.107. The lowest BCUT2D eigenvalue weighted by Crippen LogP contribution is -2.05. The zero-order valence-electron chi connectivity index (χ0n) is 9.03. The number of rotatable bonds is 6. The molecule has 0 heterocycles. The first-order valence-corrected chi connectivity index (χ1v) is 5.56. The minimum Gasteiger partial charge on any atom is -0.490 e. The molecule has 3 nitrogen and oxygen atoms in total. The van der Waals surface area contributed by atoms with Gasteiger partial charge in [0, 0.05) is 12.7 Å². The average molecular weight is 285 g/mol. The van der Waals surface area contributed by atoms with Crippen molar-refractivity contribution in [3.05, 3.63) is 40.9 Å². The van der Waals surface area contributed by atoms with Crippen molar-refractivity contribution in [2.75, 3.05) is 20.3 Å². The standard InChI is InChI=1S/C12H13BrO3/c1-3-11(14)9-4-5-12(10(13)8-9)16-7-6-15-2/h3-5,8H,1,6-7H2,2H3. The Morgan fingerprint density at radius 3 is 2.81 bits per heavy atom. The molecule has 0 amide bonds. The van der Waals surface area contributed by atoms with Gasteiger partial charge in [-0.25, -0.2) is 0 Å². The molecule has 0 spiro atoms. The van der Waals surface area contributed by atoms with Gasteiger partial charge in [0.15, 0.2) is 5.78 Å². The maximum absolute atomic E-state index is 11.3. The van der Waals surface area contributed by atoms with E-state index in [0.29, 0.717) is 24.5 Å². The highest BCUT2D eigenvalue weighted by Gasteiger charge is 2.06. The van der Waals surface area contributed by atoms with E-state index in [1.54, 1.807) is 25.3 Å². The summed E-state index contributed by atoms with van der Waals surface area (Å²) in [6, 6.07) is 5.17. The summed E-state index contributed by atoms with van der Waals surface area (Å²) < 4.78 is 11.1. The lowest BCUT2D eigenvalue weighted by atomic mass is 10.1. The third-order valence-corrected chi connectivity index (χ3v) is 2.57. The predicted molar refractivity (Wildman–Crippen MR) is 66.0 cm³/mol. The highest BCUT2D eigenvalue weighted by molar-refractivity contribution is 9.10. The third-order valence-electron chi connectivity index (χ3n) is 1.95. The molecule has 0 aliphatic rings. The van der Waals surface area contributed by atoms with Crippen molar-refractivity contribution in [3.63, 3.8) is 0 Å². The van der Waals surface area contributed by atoms with E-state index in [9.17, 15) is 4.79 Å². The molecule has 0 bridgehead atoms. The zero-order chi connectivity index (χ0) is 12.0. The van der Waals surface area contributed by atoms with E-state index in [-0.39, 0.29) is 5.78 Å². The van der Waals surface area contributed by atoms with Crippen LogP contribution in [0.15, 0.2) is 35.3 Å². The lowest BCUT2D eigenvalue weighted by molar-refractivity contribution is 0.104. The molecule has 0 aliphatic heterocycles. The monoisotopic (exact) mass is 284 g/mol. The van der Waals surface area contributed by atoms with Gasteiger partial charge in [-0.1, -0.05) is 6.58 Å². The largest absolute Gasteiger partial charge is 0.490 e. The molecule has 0 saturated heterocycles. The van der Waals surface area contributed by atoms with E-state index < -0.39 is 0 Å². The molecule has 0 saturated carbocycles. The Balaban J connectivity index is 2.75. The molecule has 1 aromatic carbocycles. The van der Waals surface area contributed by atoms with Gasteiger partial charge in [0.05, 0.1) is 11.1 Å². The van der Waals surface area contributed by atoms with Crippen molar-refractivity contribution in [1.29, 1.82) is 0 Å². The summed E-state index contributed by atoms with van der Waals surface area (Å²) in [5, 5.41) is 0. The Morgan fingerprint density at radius 2 is 2.25 bits per heavy atom. The van der Waals surface area contributed by atoms with E-state index in [0.717, 1.165) is 4.47 Å². The van der Waals surface area contributed by atoms with Crippen LogP contribution in [0, 0.1) is 0 Å². The Kier molecular flexibility index (Phi) is 5.22. The molecule has 0 unspecified atom stereocenters. The molecule has 0 atom stereocenters. The van der Waals surface area contributed by atoms with Gasteiger partial charge >= 0.3 is 0 Å². The van der Waals surface area contributed by atoms with Crippen LogP contribution >= 0.6 is 15.9 Å². The summed E-state index contributed by atoms with van der Waals surface area (Å²) >= 11 is 3.34. The van der Waals surface area contributed by atoms with Crippen LogP contribution in [0.25, 0.3) is 0 Å². The average Bonchev–Trinajstić information content (AvgIpc) is 2.30. The molecular weight excluding hydrogens is 272 g/mol. The molecule has 16 heavy (non-hydrogen) atoms. The Bertz CT molecular complexity index is 388. The second kappa shape index (κ2) is 6.45. The Hall–Kier alpha value is -1.13. The number of carbonyl (C=O) groups is 1. The van der Waals surface area contributed by atoms with Crippen LogP contribution in [-0.2, 0) is 4.74 Å². The first-order chi connectivity index (χ1) is 7.69. The number of benzene rings is 1. The number of halogens is 1. The first kappa shape index (κ1) is 12.9. The van der Waals surface area contributed by atoms with Gasteiger partial charge in [-0.05, 0) is 40.2 Å². The zero-order valence-corrected chi connectivity index (χ0v) is 10.6. The minimum absolute atomic E-state index is 0.107. The van der Waals surface area contributed by atoms with Crippen LogP contribution in [0.1, 0.15) is 10.4 Å². The van der Waals surface area contributed by atoms with Crippen LogP contribution in [0.3, 0.4) is 0 Å². The second-order valence-electron chi connectivity index (χ2n) is 3.05. The third kappa shape index (κ3) is 3.47. The summed E-state index contributed by atoms with van der Waals surface area (Å²) in [6.45, 7) is 4.44. The maximum Gasteiger partial charge on any atom is 0.185 e. The molecular formula is C12H13BrO3. The molecule has 1 aromatic rings. The molecule has 0 fully saturated rings. The highest BCUT2D eigenvalue weighted by Crippen LogP contribution is 2.26. The summed E-state index contributed by atoms with van der Waals surface area (Å²) in [6.07, 6.45) is 1.28. The van der Waals surface area contributed by atoms with Crippen molar-refractivity contribution >= 4 is 21.7 Å². The van der Waals surface area contributed by atoms with Gasteiger partial charge in [0.1, 0.15) is 12.4 Å². The topological polar surface area (TPSA) is 35.5 Å². The van der Waals surface area contributed by atoms with Crippen LogP contribution in [-0.4, -0.2) is 26.1 Å². The summed E-state index contributed by atoms with van der Waals surface area (Å²) in [5.41, 5.74) is 0.584. The summed E-state index contributed by atoms with van der Waals surface area (Å²) in [4.78, 5) is 11.3. The molecule has 86 valence electrons. The van der Waals surface area contributed by atoms with Crippen molar-refractivity contribution in [3.8, 4) is 5.75 Å². The van der Waals surface area contributed by atoms with Crippen molar-refractivity contribution in [2.45, 2.75) is 0 Å². The fourth-order valence-electron chi connectivity index (χ4n) is 1.12. The fourth-order valence-corrected chi connectivity index (χ4v) is 1.62. The van der Waals surface area contributed by atoms with Gasteiger partial charge in [-0.3, -0.25) is 4.79 Å². The van der Waals surface area contributed by atoms with E-state index in [1.165, 1.54) is 6.08 Å². The fraction of sp³-hybridized carbons (Fsp3) is 0.250. The van der Waals surface area contributed by atoms with Gasteiger partial charge in [0.25, 0.3) is 0 Å². The van der Waals surface area contributed by atoms with Crippen molar-refractivity contribution < 1.29 is 14.3 Å². The Morgan fingerprint density at radius 1 is 1.50 bits per heavy atom. The van der Waals surface area contributed by atoms with Crippen LogP contribution in [0.2, 0.25) is 0 Å². The van der Waals surface area contributed by atoms with E-state index in [2.05, 4.69) is 22.5 Å². The van der Waals surface area contributed by atoms with Gasteiger partial charge in [-0.2, -0.15) is 0 Å². The van der Waals surface area contributed by atoms with Gasteiger partial charge in [0.2, 0.25) is 0 Å². The van der Waals surface area contributed by atoms with Gasteiger partial charge in [-0.15, -0.1) is 0 Å². The summed E-state index contributed by atoms with van der Waals surface area (Å²) in [7, 11) is 1.62. The number of hydrogen-bond donors (Lipinski definition) is 0. The maximum atomic E-state index is 11.3. The number of ketones is 1. The number of methoxy groups -OCH3 is 1. The molecule has 1 rings (SSSR count). The quantitative estimate of drug-likeness (QED) is 0.458. The number of carbonyl (C=O) groups excluding carboxylic acids is 1. The smallest absolute Gasteiger partial charge is 0.185 e. The van der Waals surface area contributed by atoms with Crippen LogP contribution in [0.5, 0.6) is 5.75 Å². The van der Waals surface area contributed by atoms with E-state index in [1.807, 2.05) is 0 Å². The normalized spacial score (nSPS) is 9.88. The van der Waals surface area contributed by atoms with Crippen molar-refractivity contribution in [1.82, 2.24) is 0 Å². The second-order valence-corrected chi connectivity index (χ2v) is 3.91. The number of ether oxygens (including phenoxy) is 2. The first-order valence-electron chi connectivity index (χ1n) is 4.77. The van der Waals surface area contributed by atoms with Gasteiger partial charge < -0.3 is 9.47 Å². The SMILES string of the molecule is C=CC(=O)c1ccc(OCCOC)c(Br)c1. The van der Waals surface area contributed by atoms with Crippen LogP contribution < -0.4 is 4.74 Å².